The van der Waals surface area contributed by atoms with Gasteiger partial charge in [0.1, 0.15) is 17.8 Å². The Bertz CT molecular complexity index is 1030. The van der Waals surface area contributed by atoms with Crippen molar-refractivity contribution in [2.45, 2.75) is 65.0 Å². The number of carbonyl (C=O) groups is 3. The van der Waals surface area contributed by atoms with Crippen molar-refractivity contribution in [1.29, 1.82) is 0 Å². The second-order valence-corrected chi connectivity index (χ2v) is 8.59. The molecule has 1 atom stereocenters. The van der Waals surface area contributed by atoms with E-state index in [4.69, 9.17) is 4.74 Å². The number of hydrogen-bond donors (Lipinski definition) is 1. The van der Waals surface area contributed by atoms with Crippen LogP contribution in [0, 0.1) is 6.92 Å². The number of methoxy groups -OCH3 is 1. The lowest BCUT2D eigenvalue weighted by Crippen LogP contribution is -2.49. The summed E-state index contributed by atoms with van der Waals surface area (Å²) in [7, 11) is 1.60. The summed E-state index contributed by atoms with van der Waals surface area (Å²) in [6.07, 6.45) is 4.04. The molecule has 0 aliphatic carbocycles. The molecule has 1 unspecified atom stereocenters. The molecule has 182 valence electrons. The van der Waals surface area contributed by atoms with Crippen LogP contribution in [-0.4, -0.2) is 46.9 Å². The van der Waals surface area contributed by atoms with Crippen molar-refractivity contribution in [2.24, 2.45) is 0 Å². The summed E-state index contributed by atoms with van der Waals surface area (Å²) < 4.78 is 5.31. The average Bonchev–Trinajstić information content (AvgIpc) is 3.05. The lowest BCUT2D eigenvalue weighted by atomic mass is 9.90. The molecule has 0 saturated carbocycles. The summed E-state index contributed by atoms with van der Waals surface area (Å²) in [5.74, 6) is -0.0321. The molecule has 1 aromatic heterocycles. The van der Waals surface area contributed by atoms with Crippen LogP contribution >= 0.6 is 0 Å². The molecule has 1 aliphatic rings. The molecule has 1 fully saturated rings. The average molecular weight is 467 g/mol. The molecule has 2 aromatic rings. The highest BCUT2D eigenvalue weighted by molar-refractivity contribution is 6.18. The minimum atomic E-state index is -1.04. The van der Waals surface area contributed by atoms with E-state index < -0.39 is 11.6 Å². The molecular formula is C26H34N4O4. The normalized spacial score (nSPS) is 16.0. The van der Waals surface area contributed by atoms with E-state index in [-0.39, 0.29) is 24.4 Å². The maximum atomic E-state index is 13.5. The first-order chi connectivity index (χ1) is 16.3. The molecule has 0 bridgehead atoms. The largest absolute Gasteiger partial charge is 0.497 e. The number of carbonyl (C=O) groups excluding carboxylic acids is 3. The molecule has 1 saturated heterocycles. The molecule has 8 nitrogen and oxygen atoms in total. The number of benzene rings is 1. The van der Waals surface area contributed by atoms with Crippen LogP contribution in [0.1, 0.15) is 63.8 Å². The summed E-state index contributed by atoms with van der Waals surface area (Å²) in [5, 5.41) is 3.01. The summed E-state index contributed by atoms with van der Waals surface area (Å²) in [6, 6.07) is 10.4. The minimum absolute atomic E-state index is 0.250. The maximum absolute atomic E-state index is 13.5. The maximum Gasteiger partial charge on any atom is 0.332 e. The van der Waals surface area contributed by atoms with E-state index in [2.05, 4.69) is 10.3 Å². The van der Waals surface area contributed by atoms with Crippen molar-refractivity contribution in [2.75, 3.05) is 18.6 Å². The Balaban J connectivity index is 1.84. The second-order valence-electron chi connectivity index (χ2n) is 8.59. The number of urea groups is 1. The van der Waals surface area contributed by atoms with Crippen LogP contribution in [0.3, 0.4) is 0 Å². The highest BCUT2D eigenvalue weighted by Gasteiger charge is 2.56. The number of pyridine rings is 1. The van der Waals surface area contributed by atoms with E-state index in [1.807, 2.05) is 58.0 Å². The fourth-order valence-electron chi connectivity index (χ4n) is 4.55. The molecule has 2 heterocycles. The predicted molar refractivity (Wildman–Crippen MR) is 131 cm³/mol. The molecule has 1 aromatic carbocycles. The van der Waals surface area contributed by atoms with Crippen LogP contribution in [0.4, 0.5) is 10.5 Å². The van der Waals surface area contributed by atoms with Crippen molar-refractivity contribution in [1.82, 2.24) is 15.2 Å². The van der Waals surface area contributed by atoms with Gasteiger partial charge in [0.25, 0.3) is 5.91 Å². The number of anilines is 1. The summed E-state index contributed by atoms with van der Waals surface area (Å²) in [4.78, 5) is 46.9. The van der Waals surface area contributed by atoms with Crippen LogP contribution < -0.4 is 15.0 Å². The van der Waals surface area contributed by atoms with Crippen LogP contribution in [0.25, 0.3) is 0 Å². The van der Waals surface area contributed by atoms with Gasteiger partial charge in [-0.1, -0.05) is 39.3 Å². The summed E-state index contributed by atoms with van der Waals surface area (Å²) >= 11 is 0. The minimum Gasteiger partial charge on any atom is -0.497 e. The van der Waals surface area contributed by atoms with E-state index in [9.17, 15) is 14.4 Å². The first kappa shape index (κ1) is 25.2. The molecular weight excluding hydrogens is 432 g/mol. The van der Waals surface area contributed by atoms with Gasteiger partial charge in [-0.05, 0) is 56.0 Å². The van der Waals surface area contributed by atoms with E-state index in [1.165, 1.54) is 4.90 Å². The Labute approximate surface area is 201 Å². The van der Waals surface area contributed by atoms with Crippen LogP contribution in [0.15, 0.2) is 42.6 Å². The number of imide groups is 1. The Hall–Kier alpha value is -3.42. The van der Waals surface area contributed by atoms with E-state index in [1.54, 1.807) is 19.4 Å². The fraction of sp³-hybridized carbons (Fsp3) is 0.462. The lowest BCUT2D eigenvalue weighted by molar-refractivity contribution is -0.135. The summed E-state index contributed by atoms with van der Waals surface area (Å²) in [6.45, 7) is 7.33. The number of nitrogens with zero attached hydrogens (tertiary/aromatic N) is 3. The third-order valence-electron chi connectivity index (χ3n) is 6.53. The number of hydrogen-bond acceptors (Lipinski definition) is 5. The van der Waals surface area contributed by atoms with Gasteiger partial charge in [-0.2, -0.15) is 0 Å². The number of ether oxygens (including phenoxy) is 1. The van der Waals surface area contributed by atoms with E-state index in [0.717, 1.165) is 29.0 Å². The van der Waals surface area contributed by atoms with Crippen molar-refractivity contribution >= 4 is 23.5 Å². The highest BCUT2D eigenvalue weighted by atomic mass is 16.5. The Kier molecular flexibility index (Phi) is 7.91. The fourth-order valence-corrected chi connectivity index (χ4v) is 4.55. The number of rotatable bonds is 10. The highest BCUT2D eigenvalue weighted by Crippen LogP contribution is 2.38. The zero-order valence-electron chi connectivity index (χ0n) is 20.6. The molecule has 1 N–H and O–H groups in total. The van der Waals surface area contributed by atoms with Crippen LogP contribution in [0.5, 0.6) is 5.75 Å². The third-order valence-corrected chi connectivity index (χ3v) is 6.53. The van der Waals surface area contributed by atoms with Gasteiger partial charge >= 0.3 is 6.03 Å². The van der Waals surface area contributed by atoms with Crippen molar-refractivity contribution in [3.05, 3.63) is 53.9 Å². The Morgan fingerprint density at radius 3 is 2.47 bits per heavy atom. The molecule has 0 spiro atoms. The van der Waals surface area contributed by atoms with Crippen molar-refractivity contribution in [3.63, 3.8) is 0 Å². The zero-order valence-corrected chi connectivity index (χ0v) is 20.6. The van der Waals surface area contributed by atoms with Gasteiger partial charge in [0.2, 0.25) is 5.91 Å². The van der Waals surface area contributed by atoms with Gasteiger partial charge in [-0.25, -0.2) is 4.79 Å². The summed E-state index contributed by atoms with van der Waals surface area (Å²) in [5.41, 5.74) is 1.24. The monoisotopic (exact) mass is 466 g/mol. The first-order valence-electron chi connectivity index (χ1n) is 11.8. The molecule has 4 amide bonds. The van der Waals surface area contributed by atoms with Crippen LogP contribution in [0.2, 0.25) is 0 Å². The third kappa shape index (κ3) is 4.76. The first-order valence-corrected chi connectivity index (χ1v) is 11.8. The molecule has 3 rings (SSSR count). The Morgan fingerprint density at radius 2 is 1.88 bits per heavy atom. The second kappa shape index (κ2) is 10.7. The number of nitrogens with one attached hydrogen (secondary N) is 1. The molecule has 0 radical (unpaired) electrons. The van der Waals surface area contributed by atoms with Gasteiger partial charge in [0.05, 0.1) is 25.0 Å². The van der Waals surface area contributed by atoms with Gasteiger partial charge in [0, 0.05) is 5.69 Å². The lowest BCUT2D eigenvalue weighted by Gasteiger charge is -2.33. The van der Waals surface area contributed by atoms with Gasteiger partial charge in [-0.3, -0.25) is 24.4 Å². The standard InChI is InChI=1S/C26H34N4O4/c1-6-10-22(19-11-9-12-21(15-19)34-5)28-23(31)17-29-24(32)26(7-2,8-3)30(25(29)33)20-14-13-18(4)27-16-20/h9,11-16,22H,6-8,10,17H2,1-5H3,(H,28,31). The zero-order chi connectivity index (χ0) is 24.9. The topological polar surface area (TPSA) is 91.8 Å². The smallest absolute Gasteiger partial charge is 0.332 e. The van der Waals surface area contributed by atoms with Gasteiger partial charge in [-0.15, -0.1) is 0 Å². The number of aryl methyl sites for hydroxylation is 1. The van der Waals surface area contributed by atoms with Crippen molar-refractivity contribution < 1.29 is 19.1 Å². The number of amides is 4. The molecule has 8 heteroatoms. The van der Waals surface area contributed by atoms with E-state index in [0.29, 0.717) is 24.3 Å². The molecule has 34 heavy (non-hydrogen) atoms. The molecule has 1 aliphatic heterocycles. The predicted octanol–water partition coefficient (Wildman–Crippen LogP) is 4.38. The van der Waals surface area contributed by atoms with Crippen molar-refractivity contribution in [3.8, 4) is 5.75 Å². The van der Waals surface area contributed by atoms with Gasteiger partial charge in [0.15, 0.2) is 0 Å². The quantitative estimate of drug-likeness (QED) is 0.525. The van der Waals surface area contributed by atoms with Gasteiger partial charge < -0.3 is 10.1 Å². The SMILES string of the molecule is CCCC(NC(=O)CN1C(=O)N(c2ccc(C)nc2)C(CC)(CC)C1=O)c1cccc(OC)c1. The van der Waals surface area contributed by atoms with Crippen LogP contribution in [-0.2, 0) is 9.59 Å². The number of aromatic nitrogens is 1. The van der Waals surface area contributed by atoms with E-state index >= 15 is 0 Å². The Morgan fingerprint density at radius 1 is 1.15 bits per heavy atom.